The number of thiophene rings is 1. The molecule has 0 bridgehead atoms. The van der Waals surface area contributed by atoms with Gasteiger partial charge in [-0.1, -0.05) is 24.6 Å². The molecule has 0 amide bonds. The second-order valence-corrected chi connectivity index (χ2v) is 8.53. The standard InChI is InChI=1S/C17H20N4O3S2/c1-8-12-14(22)20-11(21-15(12)26-13(8)16(23)24-2)7-25-17-18-9-5-3-4-6-10(9)19-17/h9-10H,3-7H2,1-2H3,(H,18,19)(H,20,21,22)/t9-,10-/m1/s1. The average Bonchev–Trinajstić information content (AvgIpc) is 3.20. The van der Waals surface area contributed by atoms with Crippen molar-refractivity contribution < 1.29 is 9.53 Å². The molecule has 0 unspecified atom stereocenters. The number of carbonyl (C=O) groups is 1. The minimum atomic E-state index is -0.437. The number of ether oxygens (including phenoxy) is 1. The molecule has 0 saturated heterocycles. The fraction of sp³-hybridized carbons (Fsp3) is 0.529. The Balaban J connectivity index is 1.54. The normalized spacial score (nSPS) is 22.0. The van der Waals surface area contributed by atoms with Crippen LogP contribution in [-0.2, 0) is 10.5 Å². The van der Waals surface area contributed by atoms with Gasteiger partial charge in [0.05, 0.1) is 30.3 Å². The third-order valence-electron chi connectivity index (χ3n) is 4.89. The Morgan fingerprint density at radius 2 is 2.19 bits per heavy atom. The van der Waals surface area contributed by atoms with E-state index in [2.05, 4.69) is 15.3 Å². The molecule has 0 spiro atoms. The van der Waals surface area contributed by atoms with Crippen molar-refractivity contribution in [3.05, 3.63) is 26.6 Å². The number of rotatable bonds is 3. The molecule has 1 aliphatic heterocycles. The van der Waals surface area contributed by atoms with Crippen molar-refractivity contribution in [3.8, 4) is 0 Å². The van der Waals surface area contributed by atoms with E-state index in [1.54, 1.807) is 18.7 Å². The highest BCUT2D eigenvalue weighted by Crippen LogP contribution is 2.29. The van der Waals surface area contributed by atoms with E-state index >= 15 is 0 Å². The van der Waals surface area contributed by atoms with Gasteiger partial charge in [0.2, 0.25) is 0 Å². The van der Waals surface area contributed by atoms with Gasteiger partial charge in [0, 0.05) is 0 Å². The lowest BCUT2D eigenvalue weighted by atomic mass is 9.92. The molecule has 1 saturated carbocycles. The van der Waals surface area contributed by atoms with Crippen molar-refractivity contribution in [1.82, 2.24) is 15.3 Å². The molecule has 2 aromatic heterocycles. The molecule has 0 aromatic carbocycles. The Morgan fingerprint density at radius 1 is 1.38 bits per heavy atom. The zero-order valence-electron chi connectivity index (χ0n) is 14.6. The summed E-state index contributed by atoms with van der Waals surface area (Å²) in [5, 5.41) is 4.88. The predicted molar refractivity (Wildman–Crippen MR) is 104 cm³/mol. The maximum absolute atomic E-state index is 12.4. The number of H-pyrrole nitrogens is 1. The van der Waals surface area contributed by atoms with Gasteiger partial charge in [0.25, 0.3) is 5.56 Å². The smallest absolute Gasteiger partial charge is 0.348 e. The highest BCUT2D eigenvalue weighted by atomic mass is 32.2. The minimum absolute atomic E-state index is 0.218. The molecule has 4 rings (SSSR count). The van der Waals surface area contributed by atoms with Gasteiger partial charge in [-0.25, -0.2) is 9.78 Å². The summed E-state index contributed by atoms with van der Waals surface area (Å²) < 4.78 is 4.78. The summed E-state index contributed by atoms with van der Waals surface area (Å²) in [6.45, 7) is 1.75. The number of esters is 1. The van der Waals surface area contributed by atoms with Crippen molar-refractivity contribution in [2.45, 2.75) is 50.4 Å². The molecular weight excluding hydrogens is 372 g/mol. The topological polar surface area (TPSA) is 96.4 Å². The van der Waals surface area contributed by atoms with Gasteiger partial charge in [-0.15, -0.1) is 11.3 Å². The van der Waals surface area contributed by atoms with Crippen LogP contribution in [0.3, 0.4) is 0 Å². The lowest BCUT2D eigenvalue weighted by Gasteiger charge is -2.23. The SMILES string of the molecule is COC(=O)c1sc2nc(CSC3=N[C@@H]4CCCC[C@H]4N3)[nH]c(=O)c2c1C. The quantitative estimate of drug-likeness (QED) is 0.780. The van der Waals surface area contributed by atoms with Crippen LogP contribution in [0.15, 0.2) is 9.79 Å². The van der Waals surface area contributed by atoms with Crippen molar-refractivity contribution in [2.24, 2.45) is 4.99 Å². The number of hydrogen-bond donors (Lipinski definition) is 2. The number of methoxy groups -OCH3 is 1. The van der Waals surface area contributed by atoms with Crippen LogP contribution in [0, 0.1) is 6.92 Å². The number of carbonyl (C=O) groups excluding carboxylic acids is 1. The third-order valence-corrected chi connectivity index (χ3v) is 6.97. The number of aromatic amines is 1. The summed E-state index contributed by atoms with van der Waals surface area (Å²) in [5.74, 6) is 0.679. The lowest BCUT2D eigenvalue weighted by molar-refractivity contribution is 0.0605. The van der Waals surface area contributed by atoms with Gasteiger partial charge in [-0.05, 0) is 25.3 Å². The zero-order chi connectivity index (χ0) is 18.3. The third kappa shape index (κ3) is 3.14. The van der Waals surface area contributed by atoms with Crippen LogP contribution < -0.4 is 10.9 Å². The van der Waals surface area contributed by atoms with E-state index in [9.17, 15) is 9.59 Å². The first-order valence-electron chi connectivity index (χ1n) is 8.64. The van der Waals surface area contributed by atoms with E-state index in [0.717, 1.165) is 11.6 Å². The number of thioether (sulfide) groups is 1. The molecule has 9 heteroatoms. The van der Waals surface area contributed by atoms with Crippen molar-refractivity contribution in [1.29, 1.82) is 0 Å². The summed E-state index contributed by atoms with van der Waals surface area (Å²) >= 11 is 2.76. The average molecular weight is 393 g/mol. The van der Waals surface area contributed by atoms with Crippen LogP contribution in [0.25, 0.3) is 10.2 Å². The van der Waals surface area contributed by atoms with E-state index in [1.807, 2.05) is 0 Å². The molecule has 0 radical (unpaired) electrons. The highest BCUT2D eigenvalue weighted by Gasteiger charge is 2.30. The van der Waals surface area contributed by atoms with Gasteiger partial charge in [0.15, 0.2) is 5.17 Å². The number of fused-ring (bicyclic) bond motifs is 2. The summed E-state index contributed by atoms with van der Waals surface area (Å²) in [6, 6.07) is 0.853. The van der Waals surface area contributed by atoms with E-state index in [-0.39, 0.29) is 5.56 Å². The van der Waals surface area contributed by atoms with E-state index in [1.165, 1.54) is 37.7 Å². The highest BCUT2D eigenvalue weighted by molar-refractivity contribution is 8.13. The summed E-state index contributed by atoms with van der Waals surface area (Å²) in [5.41, 5.74) is 0.403. The molecular formula is C17H20N4O3S2. The molecule has 2 aliphatic rings. The fourth-order valence-electron chi connectivity index (χ4n) is 3.54. The van der Waals surface area contributed by atoms with Crippen LogP contribution in [-0.4, -0.2) is 40.3 Å². The molecule has 2 N–H and O–H groups in total. The monoisotopic (exact) mass is 392 g/mol. The Labute approximate surface area is 158 Å². The number of nitrogens with one attached hydrogen (secondary N) is 2. The largest absolute Gasteiger partial charge is 0.465 e. The van der Waals surface area contributed by atoms with Crippen LogP contribution in [0.4, 0.5) is 0 Å². The summed E-state index contributed by atoms with van der Waals surface area (Å²) in [4.78, 5) is 37.4. The van der Waals surface area contributed by atoms with Crippen LogP contribution in [0.2, 0.25) is 0 Å². The number of aliphatic imine (C=N–C) groups is 1. The first-order chi connectivity index (χ1) is 12.6. The van der Waals surface area contributed by atoms with Gasteiger partial charge in [0.1, 0.15) is 15.5 Å². The minimum Gasteiger partial charge on any atom is -0.465 e. The summed E-state index contributed by atoms with van der Waals surface area (Å²) in [7, 11) is 1.33. The van der Waals surface area contributed by atoms with Gasteiger partial charge in [-0.2, -0.15) is 0 Å². The van der Waals surface area contributed by atoms with Crippen LogP contribution in [0.5, 0.6) is 0 Å². The first-order valence-corrected chi connectivity index (χ1v) is 10.4. The van der Waals surface area contributed by atoms with Crippen LogP contribution in [0.1, 0.15) is 46.7 Å². The van der Waals surface area contributed by atoms with E-state index < -0.39 is 5.97 Å². The molecule has 2 aromatic rings. The zero-order valence-corrected chi connectivity index (χ0v) is 16.3. The van der Waals surface area contributed by atoms with Crippen molar-refractivity contribution >= 4 is 44.5 Å². The van der Waals surface area contributed by atoms with E-state index in [4.69, 9.17) is 9.73 Å². The lowest BCUT2D eigenvalue weighted by Crippen LogP contribution is -2.36. The molecule has 2 atom stereocenters. The first kappa shape index (κ1) is 17.5. The van der Waals surface area contributed by atoms with Crippen molar-refractivity contribution in [2.75, 3.05) is 7.11 Å². The van der Waals surface area contributed by atoms with Gasteiger partial charge < -0.3 is 15.0 Å². The number of hydrogen-bond acceptors (Lipinski definition) is 8. The Hall–Kier alpha value is -1.87. The summed E-state index contributed by atoms with van der Waals surface area (Å²) in [6.07, 6.45) is 4.82. The molecule has 1 fully saturated rings. The van der Waals surface area contributed by atoms with Crippen LogP contribution >= 0.6 is 23.1 Å². The molecule has 3 heterocycles. The molecule has 138 valence electrons. The number of nitrogens with zero attached hydrogens (tertiary/aromatic N) is 2. The van der Waals surface area contributed by atoms with Crippen molar-refractivity contribution in [3.63, 3.8) is 0 Å². The Bertz CT molecular complexity index is 949. The Kier molecular flexibility index (Phi) is 4.74. The van der Waals surface area contributed by atoms with Gasteiger partial charge >= 0.3 is 5.97 Å². The fourth-order valence-corrected chi connectivity index (χ4v) is 5.51. The molecule has 26 heavy (non-hydrogen) atoms. The second kappa shape index (κ2) is 7.03. The number of amidine groups is 1. The predicted octanol–water partition coefficient (Wildman–Crippen LogP) is 2.58. The van der Waals surface area contributed by atoms with E-state index in [0.29, 0.717) is 44.3 Å². The number of aromatic nitrogens is 2. The number of aryl methyl sites for hydroxylation is 1. The molecule has 1 aliphatic carbocycles. The van der Waals surface area contributed by atoms with Gasteiger partial charge in [-0.3, -0.25) is 9.79 Å². The maximum Gasteiger partial charge on any atom is 0.348 e. The Morgan fingerprint density at radius 3 is 2.96 bits per heavy atom. The molecule has 7 nitrogen and oxygen atoms in total. The maximum atomic E-state index is 12.4. The second-order valence-electron chi connectivity index (χ2n) is 6.57.